The smallest absolute Gasteiger partial charge is 0.345 e. The van der Waals surface area contributed by atoms with Gasteiger partial charge >= 0.3 is 5.97 Å². The van der Waals surface area contributed by atoms with E-state index in [1.54, 1.807) is 0 Å². The predicted octanol–water partition coefficient (Wildman–Crippen LogP) is 3.50. The summed E-state index contributed by atoms with van der Waals surface area (Å²) in [6, 6.07) is 7.22. The van der Waals surface area contributed by atoms with Gasteiger partial charge in [0.1, 0.15) is 5.56 Å². The normalized spacial score (nSPS) is 10.2. The van der Waals surface area contributed by atoms with Gasteiger partial charge in [-0.1, -0.05) is 23.7 Å². The highest BCUT2D eigenvalue weighted by Crippen LogP contribution is 2.24. The molecule has 0 aliphatic heterocycles. The van der Waals surface area contributed by atoms with E-state index in [1.807, 2.05) is 0 Å². The molecule has 0 heterocycles. The number of aryl methyl sites for hydroxylation is 1. The van der Waals surface area contributed by atoms with E-state index in [9.17, 15) is 29.8 Å². The van der Waals surface area contributed by atoms with Crippen LogP contribution in [0.1, 0.15) is 26.3 Å². The highest BCUT2D eigenvalue weighted by atomic mass is 35.5. The van der Waals surface area contributed by atoms with Crippen molar-refractivity contribution in [3.8, 4) is 0 Å². The Morgan fingerprint density at radius 3 is 2.31 bits per heavy atom. The molecule has 134 valence electrons. The fourth-order valence-corrected chi connectivity index (χ4v) is 2.27. The van der Waals surface area contributed by atoms with Crippen LogP contribution in [-0.4, -0.2) is 28.2 Å². The average molecular weight is 379 g/mol. The molecule has 0 unspecified atom stereocenters. The van der Waals surface area contributed by atoms with Crippen LogP contribution in [0, 0.1) is 27.2 Å². The van der Waals surface area contributed by atoms with Gasteiger partial charge in [0.05, 0.1) is 9.85 Å². The second-order valence-corrected chi connectivity index (χ2v) is 5.61. The van der Waals surface area contributed by atoms with Gasteiger partial charge in [-0.3, -0.25) is 25.0 Å². The van der Waals surface area contributed by atoms with E-state index in [2.05, 4.69) is 0 Å². The fourth-order valence-electron chi connectivity index (χ4n) is 2.10. The molecule has 0 saturated carbocycles. The number of halogens is 1. The molecule has 2 rings (SSSR count). The Bertz CT molecular complexity index is 927. The van der Waals surface area contributed by atoms with Crippen molar-refractivity contribution in [2.45, 2.75) is 6.92 Å². The molecule has 0 amide bonds. The third kappa shape index (κ3) is 4.19. The Morgan fingerprint density at radius 2 is 1.69 bits per heavy atom. The third-order valence-corrected chi connectivity index (χ3v) is 3.67. The number of hydrogen-bond donors (Lipinski definition) is 0. The number of nitro benzene ring substituents is 2. The van der Waals surface area contributed by atoms with Gasteiger partial charge in [0.25, 0.3) is 11.4 Å². The van der Waals surface area contributed by atoms with Gasteiger partial charge in [0.2, 0.25) is 5.78 Å². The van der Waals surface area contributed by atoms with Gasteiger partial charge in [0, 0.05) is 28.3 Å². The van der Waals surface area contributed by atoms with Crippen LogP contribution in [0.4, 0.5) is 11.4 Å². The molecule has 0 spiro atoms. The van der Waals surface area contributed by atoms with E-state index in [-0.39, 0.29) is 21.8 Å². The van der Waals surface area contributed by atoms with Crippen LogP contribution in [0.3, 0.4) is 0 Å². The largest absolute Gasteiger partial charge is 0.454 e. The lowest BCUT2D eigenvalue weighted by atomic mass is 10.1. The summed E-state index contributed by atoms with van der Waals surface area (Å²) < 4.78 is 4.80. The van der Waals surface area contributed by atoms with Crippen LogP contribution in [0.2, 0.25) is 5.02 Å². The molecule has 0 aliphatic rings. The second kappa shape index (κ2) is 7.70. The summed E-state index contributed by atoms with van der Waals surface area (Å²) in [6.07, 6.45) is 0. The number of benzene rings is 2. The first-order chi connectivity index (χ1) is 12.2. The Kier molecular flexibility index (Phi) is 5.63. The number of carbonyl (C=O) groups is 2. The number of carbonyl (C=O) groups excluding carboxylic acids is 2. The van der Waals surface area contributed by atoms with E-state index in [4.69, 9.17) is 16.3 Å². The van der Waals surface area contributed by atoms with Crippen LogP contribution in [0.25, 0.3) is 0 Å². The maximum atomic E-state index is 12.1. The third-order valence-electron chi connectivity index (χ3n) is 3.44. The molecular formula is C16H11ClN2O7. The number of nitrogens with zero attached hydrogens (tertiary/aromatic N) is 2. The Morgan fingerprint density at radius 1 is 1.04 bits per heavy atom. The van der Waals surface area contributed by atoms with Gasteiger partial charge in [-0.2, -0.15) is 0 Å². The summed E-state index contributed by atoms with van der Waals surface area (Å²) in [5, 5.41) is 22.0. The van der Waals surface area contributed by atoms with Crippen molar-refractivity contribution in [1.29, 1.82) is 0 Å². The molecule has 0 radical (unpaired) electrons. The van der Waals surface area contributed by atoms with Crippen LogP contribution in [-0.2, 0) is 4.74 Å². The molecular weight excluding hydrogens is 368 g/mol. The number of ketones is 1. The topological polar surface area (TPSA) is 130 Å². The lowest BCUT2D eigenvalue weighted by Gasteiger charge is -2.06. The van der Waals surface area contributed by atoms with Crippen molar-refractivity contribution in [1.82, 2.24) is 0 Å². The van der Waals surface area contributed by atoms with Crippen molar-refractivity contribution in [2.75, 3.05) is 6.61 Å². The number of ether oxygens (including phenoxy) is 1. The summed E-state index contributed by atoms with van der Waals surface area (Å²) in [6.45, 7) is 0.797. The maximum absolute atomic E-state index is 12.1. The molecule has 0 fully saturated rings. The average Bonchev–Trinajstić information content (AvgIpc) is 2.59. The quantitative estimate of drug-likeness (QED) is 0.325. The molecule has 0 saturated heterocycles. The minimum absolute atomic E-state index is 0.0132. The van der Waals surface area contributed by atoms with Crippen molar-refractivity contribution in [2.24, 2.45) is 0 Å². The van der Waals surface area contributed by atoms with Crippen LogP contribution >= 0.6 is 11.6 Å². The van der Waals surface area contributed by atoms with Crippen LogP contribution < -0.4 is 0 Å². The van der Waals surface area contributed by atoms with Crippen molar-refractivity contribution in [3.63, 3.8) is 0 Å². The lowest BCUT2D eigenvalue weighted by Crippen LogP contribution is -2.15. The predicted molar refractivity (Wildman–Crippen MR) is 90.6 cm³/mol. The summed E-state index contributed by atoms with van der Waals surface area (Å²) in [7, 11) is 0. The number of Topliss-reactive ketones (excluding diaryl/α,β-unsaturated/α-hetero) is 1. The first kappa shape index (κ1) is 19.0. The molecule has 2 aromatic rings. The van der Waals surface area contributed by atoms with Crippen molar-refractivity contribution in [3.05, 3.63) is 78.3 Å². The minimum atomic E-state index is -1.08. The SMILES string of the molecule is Cc1ccc(C(=O)COC(=O)c2ccc(Cl)cc2[N+](=O)[O-])cc1[N+](=O)[O-]. The number of esters is 1. The van der Waals surface area contributed by atoms with E-state index < -0.39 is 33.9 Å². The standard InChI is InChI=1S/C16H11ClN2O7/c1-9-2-3-10(6-13(9)18(22)23)15(20)8-26-16(21)12-5-4-11(17)7-14(12)19(24)25/h2-7H,8H2,1H3. The van der Waals surface area contributed by atoms with Crippen molar-refractivity contribution >= 4 is 34.7 Å². The van der Waals surface area contributed by atoms with Gasteiger partial charge in [-0.05, 0) is 19.1 Å². The molecule has 9 nitrogen and oxygen atoms in total. The summed E-state index contributed by atoms with van der Waals surface area (Å²) in [4.78, 5) is 44.6. The zero-order valence-corrected chi connectivity index (χ0v) is 14.1. The second-order valence-electron chi connectivity index (χ2n) is 5.18. The van der Waals surface area contributed by atoms with E-state index in [0.717, 1.165) is 18.2 Å². The molecule has 0 N–H and O–H groups in total. The first-order valence-corrected chi connectivity index (χ1v) is 7.48. The molecule has 0 atom stereocenters. The summed E-state index contributed by atoms with van der Waals surface area (Å²) >= 11 is 5.66. The fraction of sp³-hybridized carbons (Fsp3) is 0.125. The zero-order valence-electron chi connectivity index (χ0n) is 13.3. The summed E-state index contributed by atoms with van der Waals surface area (Å²) in [5.41, 5.74) is -0.792. The number of hydrogen-bond acceptors (Lipinski definition) is 7. The molecule has 0 aliphatic carbocycles. The highest BCUT2D eigenvalue weighted by Gasteiger charge is 2.23. The summed E-state index contributed by atoms with van der Waals surface area (Å²) in [5.74, 6) is -1.76. The monoisotopic (exact) mass is 378 g/mol. The van der Waals surface area contributed by atoms with Crippen molar-refractivity contribution < 1.29 is 24.2 Å². The van der Waals surface area contributed by atoms with E-state index in [0.29, 0.717) is 5.56 Å². The van der Waals surface area contributed by atoms with Gasteiger partial charge in [-0.25, -0.2) is 4.79 Å². The Labute approximate surface area is 151 Å². The minimum Gasteiger partial charge on any atom is -0.454 e. The Balaban J connectivity index is 2.15. The molecule has 0 bridgehead atoms. The molecule has 26 heavy (non-hydrogen) atoms. The molecule has 0 aromatic heterocycles. The number of rotatable bonds is 6. The van der Waals surface area contributed by atoms with Crippen LogP contribution in [0.5, 0.6) is 0 Å². The lowest BCUT2D eigenvalue weighted by molar-refractivity contribution is -0.385. The molecule has 2 aromatic carbocycles. The van der Waals surface area contributed by atoms with E-state index >= 15 is 0 Å². The van der Waals surface area contributed by atoms with Gasteiger partial charge < -0.3 is 4.74 Å². The van der Waals surface area contributed by atoms with Gasteiger partial charge in [0.15, 0.2) is 6.61 Å². The number of nitro groups is 2. The maximum Gasteiger partial charge on any atom is 0.345 e. The Hall–Kier alpha value is -3.33. The first-order valence-electron chi connectivity index (χ1n) is 7.10. The van der Waals surface area contributed by atoms with Crippen LogP contribution in [0.15, 0.2) is 36.4 Å². The molecule has 10 heteroatoms. The van der Waals surface area contributed by atoms with Gasteiger partial charge in [-0.15, -0.1) is 0 Å². The van der Waals surface area contributed by atoms with E-state index in [1.165, 1.54) is 25.1 Å². The zero-order chi connectivity index (χ0) is 19.4. The highest BCUT2D eigenvalue weighted by molar-refractivity contribution is 6.31.